The van der Waals surface area contributed by atoms with E-state index in [-0.39, 0.29) is 17.3 Å². The highest BCUT2D eigenvalue weighted by atomic mass is 16.5. The average molecular weight is 440 g/mol. The molecular formula is C25H20N4O4. The Bertz CT molecular complexity index is 1340. The third kappa shape index (κ3) is 3.51. The average Bonchev–Trinajstić information content (AvgIpc) is 3.38. The van der Waals surface area contributed by atoms with Crippen LogP contribution in [0.25, 0.3) is 16.8 Å². The predicted molar refractivity (Wildman–Crippen MR) is 123 cm³/mol. The van der Waals surface area contributed by atoms with Gasteiger partial charge in [0.25, 0.3) is 5.78 Å². The second-order valence-electron chi connectivity index (χ2n) is 7.48. The summed E-state index contributed by atoms with van der Waals surface area (Å²) in [4.78, 5) is 39.3. The van der Waals surface area contributed by atoms with Gasteiger partial charge in [0.05, 0.1) is 29.3 Å². The summed E-state index contributed by atoms with van der Waals surface area (Å²) in [5.74, 6) is -0.961. The van der Waals surface area contributed by atoms with Crippen LogP contribution in [0.15, 0.2) is 78.6 Å². The summed E-state index contributed by atoms with van der Waals surface area (Å²) >= 11 is 0. The number of fused-ring (bicyclic) bond motifs is 1. The summed E-state index contributed by atoms with van der Waals surface area (Å²) in [6.07, 6.45) is 3.15. The molecule has 2 aromatic heterocycles. The summed E-state index contributed by atoms with van der Waals surface area (Å²) in [6, 6.07) is 16.6. The lowest BCUT2D eigenvalue weighted by molar-refractivity contribution is -0.132. The number of aliphatic hydroxyl groups is 1. The third-order valence-corrected chi connectivity index (χ3v) is 5.51. The number of Topliss-reactive ketones (excluding diaryl/α,β-unsaturated/α-hetero) is 1. The van der Waals surface area contributed by atoms with E-state index >= 15 is 0 Å². The first kappa shape index (κ1) is 20.4. The zero-order chi connectivity index (χ0) is 22.9. The molecule has 0 aliphatic carbocycles. The SMILES string of the molecule is CCOc1ccc(/C(O)=C2\C(=O)C(=O)N(c3nc4ccccc4[nH]3)C2c2ccncc2)cc1. The van der Waals surface area contributed by atoms with Crippen molar-refractivity contribution in [2.45, 2.75) is 13.0 Å². The molecule has 1 atom stereocenters. The topological polar surface area (TPSA) is 108 Å². The highest BCUT2D eigenvalue weighted by Gasteiger charge is 2.48. The molecule has 0 spiro atoms. The van der Waals surface area contributed by atoms with E-state index in [2.05, 4.69) is 15.0 Å². The Morgan fingerprint density at radius 1 is 1.06 bits per heavy atom. The molecule has 2 aromatic carbocycles. The van der Waals surface area contributed by atoms with E-state index in [1.54, 1.807) is 48.8 Å². The van der Waals surface area contributed by atoms with Crippen molar-refractivity contribution in [3.05, 3.63) is 89.8 Å². The normalized spacial score (nSPS) is 17.6. The van der Waals surface area contributed by atoms with Gasteiger partial charge in [0.2, 0.25) is 5.95 Å². The second-order valence-corrected chi connectivity index (χ2v) is 7.48. The fourth-order valence-electron chi connectivity index (χ4n) is 4.00. The number of ether oxygens (including phenoxy) is 1. The van der Waals surface area contributed by atoms with Crippen molar-refractivity contribution < 1.29 is 19.4 Å². The smallest absolute Gasteiger partial charge is 0.302 e. The van der Waals surface area contributed by atoms with E-state index in [9.17, 15) is 14.7 Å². The number of para-hydroxylation sites is 2. The molecule has 1 aliphatic heterocycles. The molecule has 1 saturated heterocycles. The van der Waals surface area contributed by atoms with Gasteiger partial charge in [-0.1, -0.05) is 12.1 Å². The summed E-state index contributed by atoms with van der Waals surface area (Å²) in [6.45, 7) is 2.39. The highest BCUT2D eigenvalue weighted by molar-refractivity contribution is 6.51. The van der Waals surface area contributed by atoms with Gasteiger partial charge in [-0.3, -0.25) is 19.5 Å². The van der Waals surface area contributed by atoms with Gasteiger partial charge in [-0.15, -0.1) is 0 Å². The zero-order valence-electron chi connectivity index (χ0n) is 17.7. The Balaban J connectivity index is 1.67. The van der Waals surface area contributed by atoms with Crippen molar-refractivity contribution in [2.75, 3.05) is 11.5 Å². The highest BCUT2D eigenvalue weighted by Crippen LogP contribution is 2.41. The molecule has 1 fully saturated rings. The van der Waals surface area contributed by atoms with Crippen LogP contribution in [-0.4, -0.2) is 38.4 Å². The van der Waals surface area contributed by atoms with Gasteiger partial charge >= 0.3 is 5.91 Å². The molecule has 8 heteroatoms. The number of benzene rings is 2. The van der Waals surface area contributed by atoms with E-state index < -0.39 is 17.7 Å². The Labute approximate surface area is 189 Å². The number of pyridine rings is 1. The quantitative estimate of drug-likeness (QED) is 0.276. The van der Waals surface area contributed by atoms with Crippen LogP contribution in [0, 0.1) is 0 Å². The molecule has 3 heterocycles. The van der Waals surface area contributed by atoms with Crippen molar-refractivity contribution in [3.8, 4) is 5.75 Å². The van der Waals surface area contributed by atoms with Gasteiger partial charge in [0.15, 0.2) is 0 Å². The Morgan fingerprint density at radius 2 is 1.79 bits per heavy atom. The number of anilines is 1. The van der Waals surface area contributed by atoms with Crippen molar-refractivity contribution in [1.29, 1.82) is 0 Å². The molecule has 0 radical (unpaired) electrons. The molecule has 1 unspecified atom stereocenters. The largest absolute Gasteiger partial charge is 0.507 e. The Hall–Kier alpha value is -4.46. The standard InChI is InChI=1S/C25H20N4O4/c1-2-33-17-9-7-16(8-10-17)22(30)20-21(15-11-13-26-14-12-15)29(24(32)23(20)31)25-27-18-5-3-4-6-19(18)28-25/h3-14,21,30H,2H2,1H3,(H,27,28)/b22-20+. The van der Waals surface area contributed by atoms with Crippen molar-refractivity contribution in [1.82, 2.24) is 15.0 Å². The summed E-state index contributed by atoms with van der Waals surface area (Å²) in [7, 11) is 0. The minimum absolute atomic E-state index is 0.0178. The fourth-order valence-corrected chi connectivity index (χ4v) is 4.00. The second kappa shape index (κ2) is 8.23. The predicted octanol–water partition coefficient (Wildman–Crippen LogP) is 3.98. The molecule has 0 bridgehead atoms. The van der Waals surface area contributed by atoms with E-state index in [1.165, 1.54) is 4.90 Å². The molecular weight excluding hydrogens is 420 g/mol. The molecule has 0 saturated carbocycles. The minimum atomic E-state index is -0.875. The number of H-pyrrole nitrogens is 1. The number of aliphatic hydroxyl groups excluding tert-OH is 1. The number of amides is 1. The van der Waals surface area contributed by atoms with E-state index in [1.807, 2.05) is 31.2 Å². The first-order valence-electron chi connectivity index (χ1n) is 10.5. The summed E-state index contributed by atoms with van der Waals surface area (Å²) in [5.41, 5.74) is 2.40. The lowest BCUT2D eigenvalue weighted by Gasteiger charge is -2.22. The number of ketones is 1. The number of nitrogens with one attached hydrogen (secondary N) is 1. The third-order valence-electron chi connectivity index (χ3n) is 5.51. The molecule has 33 heavy (non-hydrogen) atoms. The van der Waals surface area contributed by atoms with Crippen LogP contribution in [-0.2, 0) is 9.59 Å². The molecule has 164 valence electrons. The van der Waals surface area contributed by atoms with Gasteiger partial charge in [0, 0.05) is 18.0 Å². The van der Waals surface area contributed by atoms with E-state index in [4.69, 9.17) is 4.74 Å². The fraction of sp³-hybridized carbons (Fsp3) is 0.120. The molecule has 1 aliphatic rings. The number of hydrogen-bond acceptors (Lipinski definition) is 6. The maximum atomic E-state index is 13.2. The molecule has 5 rings (SSSR count). The summed E-state index contributed by atoms with van der Waals surface area (Å²) < 4.78 is 5.45. The number of aromatic amines is 1. The van der Waals surface area contributed by atoms with Gasteiger partial charge < -0.3 is 14.8 Å². The number of carbonyl (C=O) groups is 2. The maximum absolute atomic E-state index is 13.2. The van der Waals surface area contributed by atoms with E-state index in [0.717, 1.165) is 5.52 Å². The number of imidazole rings is 1. The monoisotopic (exact) mass is 440 g/mol. The molecule has 2 N–H and O–H groups in total. The lowest BCUT2D eigenvalue weighted by atomic mass is 9.96. The zero-order valence-corrected chi connectivity index (χ0v) is 17.7. The van der Waals surface area contributed by atoms with Gasteiger partial charge in [-0.25, -0.2) is 4.98 Å². The van der Waals surface area contributed by atoms with Gasteiger partial charge in [0.1, 0.15) is 11.5 Å². The van der Waals surface area contributed by atoms with Crippen LogP contribution in [0.2, 0.25) is 0 Å². The number of carbonyl (C=O) groups excluding carboxylic acids is 2. The molecule has 4 aromatic rings. The van der Waals surface area contributed by atoms with Crippen LogP contribution in [0.4, 0.5) is 5.95 Å². The van der Waals surface area contributed by atoms with Crippen molar-refractivity contribution >= 4 is 34.4 Å². The number of aromatic nitrogens is 3. The van der Waals surface area contributed by atoms with Crippen LogP contribution in [0.5, 0.6) is 5.75 Å². The number of rotatable bonds is 5. The minimum Gasteiger partial charge on any atom is -0.507 e. The first-order chi connectivity index (χ1) is 16.1. The first-order valence-corrected chi connectivity index (χ1v) is 10.5. The summed E-state index contributed by atoms with van der Waals surface area (Å²) in [5, 5.41) is 11.2. The molecule has 8 nitrogen and oxygen atoms in total. The van der Waals surface area contributed by atoms with Crippen LogP contribution in [0.3, 0.4) is 0 Å². The molecule has 1 amide bonds. The van der Waals surface area contributed by atoms with Crippen LogP contribution in [0.1, 0.15) is 24.1 Å². The van der Waals surface area contributed by atoms with E-state index in [0.29, 0.717) is 29.0 Å². The van der Waals surface area contributed by atoms with Gasteiger partial charge in [-0.05, 0) is 61.0 Å². The maximum Gasteiger partial charge on any atom is 0.302 e. The van der Waals surface area contributed by atoms with Crippen LogP contribution < -0.4 is 9.64 Å². The van der Waals surface area contributed by atoms with Crippen LogP contribution >= 0.6 is 0 Å². The Morgan fingerprint density at radius 3 is 2.48 bits per heavy atom. The van der Waals surface area contributed by atoms with Crippen molar-refractivity contribution in [2.24, 2.45) is 0 Å². The lowest BCUT2D eigenvalue weighted by Crippen LogP contribution is -2.30. The number of hydrogen-bond donors (Lipinski definition) is 2. The Kier molecular flexibility index (Phi) is 5.10. The van der Waals surface area contributed by atoms with Gasteiger partial charge in [-0.2, -0.15) is 0 Å². The van der Waals surface area contributed by atoms with Crippen molar-refractivity contribution in [3.63, 3.8) is 0 Å². The number of nitrogens with zero attached hydrogens (tertiary/aromatic N) is 3.